The third-order valence-corrected chi connectivity index (χ3v) is 2.92. The Morgan fingerprint density at radius 1 is 1.54 bits per heavy atom. The van der Waals surface area contributed by atoms with Gasteiger partial charge in [0.1, 0.15) is 0 Å². The summed E-state index contributed by atoms with van der Waals surface area (Å²) in [6.07, 6.45) is 6.47. The quantitative estimate of drug-likeness (QED) is 0.867. The van der Waals surface area contributed by atoms with Crippen LogP contribution in [0.25, 0.3) is 0 Å². The number of rotatable bonds is 3. The highest BCUT2D eigenvalue weighted by Crippen LogP contribution is 2.33. The fraction of sp³-hybridized carbons (Fsp3) is 0.500. The first-order valence-corrected chi connectivity index (χ1v) is 5.42. The number of aryl methyl sites for hydroxylation is 1. The molecule has 0 amide bonds. The van der Waals surface area contributed by atoms with E-state index in [9.17, 15) is 4.79 Å². The van der Waals surface area contributed by atoms with Crippen LogP contribution in [0.1, 0.15) is 24.8 Å². The molecule has 0 unspecified atom stereocenters. The molecule has 0 aliphatic heterocycles. The largest absolute Gasteiger partial charge is 0.328 e. The van der Waals surface area contributed by atoms with Crippen LogP contribution >= 0.6 is 15.9 Å². The summed E-state index contributed by atoms with van der Waals surface area (Å²) in [7, 11) is 0. The van der Waals surface area contributed by atoms with Gasteiger partial charge in [0.05, 0.1) is 0 Å². The topological polar surface area (TPSA) is 32.9 Å². The normalized spacial score (nSPS) is 16.1. The molecule has 3 heteroatoms. The monoisotopic (exact) mass is 241 g/mol. The molecule has 1 fully saturated rings. The standard InChI is InChI=1S/C10H12BrNO/c11-9-5-8(10(13)12-6-9)4-3-7-1-2-7/h5-7H,1-4H2,(H,12,13). The second-order valence-corrected chi connectivity index (χ2v) is 4.57. The zero-order valence-corrected chi connectivity index (χ0v) is 8.93. The lowest BCUT2D eigenvalue weighted by Crippen LogP contribution is -2.11. The molecule has 0 radical (unpaired) electrons. The van der Waals surface area contributed by atoms with Gasteiger partial charge in [-0.2, -0.15) is 0 Å². The van der Waals surface area contributed by atoms with Gasteiger partial charge in [-0.3, -0.25) is 4.79 Å². The van der Waals surface area contributed by atoms with E-state index in [2.05, 4.69) is 20.9 Å². The highest BCUT2D eigenvalue weighted by molar-refractivity contribution is 9.10. The van der Waals surface area contributed by atoms with E-state index < -0.39 is 0 Å². The van der Waals surface area contributed by atoms with E-state index in [1.807, 2.05) is 6.07 Å². The Balaban J connectivity index is 2.08. The Kier molecular flexibility index (Phi) is 2.54. The van der Waals surface area contributed by atoms with Gasteiger partial charge in [0.15, 0.2) is 0 Å². The van der Waals surface area contributed by atoms with Gasteiger partial charge in [0.25, 0.3) is 5.56 Å². The van der Waals surface area contributed by atoms with Crippen molar-refractivity contribution < 1.29 is 0 Å². The highest BCUT2D eigenvalue weighted by atomic mass is 79.9. The van der Waals surface area contributed by atoms with Gasteiger partial charge in [-0.15, -0.1) is 0 Å². The summed E-state index contributed by atoms with van der Waals surface area (Å²) in [5.74, 6) is 0.887. The van der Waals surface area contributed by atoms with E-state index in [0.29, 0.717) is 0 Å². The second kappa shape index (κ2) is 3.66. The fourth-order valence-electron chi connectivity index (χ4n) is 1.45. The molecule has 1 aliphatic carbocycles. The average Bonchev–Trinajstić information content (AvgIpc) is 2.90. The van der Waals surface area contributed by atoms with Crippen molar-refractivity contribution in [3.05, 3.63) is 32.7 Å². The third kappa shape index (κ3) is 2.44. The van der Waals surface area contributed by atoms with Crippen molar-refractivity contribution in [1.29, 1.82) is 0 Å². The first-order valence-electron chi connectivity index (χ1n) is 4.63. The summed E-state index contributed by atoms with van der Waals surface area (Å²) in [6, 6.07) is 1.92. The molecule has 1 saturated carbocycles. The molecule has 13 heavy (non-hydrogen) atoms. The van der Waals surface area contributed by atoms with Gasteiger partial charge in [-0.1, -0.05) is 12.8 Å². The van der Waals surface area contributed by atoms with Crippen LogP contribution in [-0.2, 0) is 6.42 Å². The van der Waals surface area contributed by atoms with Gasteiger partial charge < -0.3 is 4.98 Å². The van der Waals surface area contributed by atoms with E-state index in [1.165, 1.54) is 19.3 Å². The van der Waals surface area contributed by atoms with Crippen molar-refractivity contribution >= 4 is 15.9 Å². The van der Waals surface area contributed by atoms with Gasteiger partial charge in [-0.25, -0.2) is 0 Å². The molecule has 0 aromatic carbocycles. The fourth-order valence-corrected chi connectivity index (χ4v) is 1.84. The lowest BCUT2D eigenvalue weighted by atomic mass is 10.1. The minimum absolute atomic E-state index is 0.0591. The molecule has 0 atom stereocenters. The maximum atomic E-state index is 11.3. The first kappa shape index (κ1) is 9.00. The van der Waals surface area contributed by atoms with Crippen LogP contribution in [0.3, 0.4) is 0 Å². The van der Waals surface area contributed by atoms with Gasteiger partial charge in [0, 0.05) is 16.2 Å². The average molecular weight is 242 g/mol. The molecular formula is C10H12BrNO. The molecular weight excluding hydrogens is 230 g/mol. The molecule has 1 aromatic heterocycles. The molecule has 2 nitrogen and oxygen atoms in total. The number of H-pyrrole nitrogens is 1. The van der Waals surface area contributed by atoms with Crippen LogP contribution < -0.4 is 5.56 Å². The van der Waals surface area contributed by atoms with E-state index in [0.717, 1.165) is 22.4 Å². The summed E-state index contributed by atoms with van der Waals surface area (Å²) in [5, 5.41) is 0. The molecule has 1 aromatic rings. The SMILES string of the molecule is O=c1[nH]cc(Br)cc1CCC1CC1. The van der Waals surface area contributed by atoms with Crippen molar-refractivity contribution in [3.63, 3.8) is 0 Å². The van der Waals surface area contributed by atoms with Crippen molar-refractivity contribution in [2.24, 2.45) is 5.92 Å². The molecule has 70 valence electrons. The Morgan fingerprint density at radius 3 is 3.00 bits per heavy atom. The summed E-state index contributed by atoms with van der Waals surface area (Å²) in [6.45, 7) is 0. The molecule has 1 aliphatic rings. The zero-order valence-electron chi connectivity index (χ0n) is 7.35. The predicted molar refractivity (Wildman–Crippen MR) is 55.8 cm³/mol. The third-order valence-electron chi connectivity index (χ3n) is 2.46. The number of pyridine rings is 1. The summed E-state index contributed by atoms with van der Waals surface area (Å²) in [4.78, 5) is 14.0. The summed E-state index contributed by atoms with van der Waals surface area (Å²) >= 11 is 3.35. The minimum atomic E-state index is 0.0591. The Labute approximate surface area is 85.5 Å². The number of aromatic nitrogens is 1. The molecule has 2 rings (SSSR count). The van der Waals surface area contributed by atoms with Crippen LogP contribution in [0.2, 0.25) is 0 Å². The second-order valence-electron chi connectivity index (χ2n) is 3.65. The van der Waals surface area contributed by atoms with E-state index in [4.69, 9.17) is 0 Å². The van der Waals surface area contributed by atoms with Crippen LogP contribution in [0, 0.1) is 5.92 Å². The van der Waals surface area contributed by atoms with Crippen LogP contribution in [0.5, 0.6) is 0 Å². The number of hydrogen-bond acceptors (Lipinski definition) is 1. The molecule has 0 saturated heterocycles. The van der Waals surface area contributed by atoms with Crippen molar-refractivity contribution in [2.75, 3.05) is 0 Å². The van der Waals surface area contributed by atoms with E-state index in [1.54, 1.807) is 6.20 Å². The Morgan fingerprint density at radius 2 is 2.31 bits per heavy atom. The summed E-state index contributed by atoms with van der Waals surface area (Å²) < 4.78 is 0.956. The summed E-state index contributed by atoms with van der Waals surface area (Å²) in [5.41, 5.74) is 0.963. The molecule has 1 N–H and O–H groups in total. The Bertz CT molecular complexity index is 354. The van der Waals surface area contributed by atoms with Crippen LogP contribution in [0.4, 0.5) is 0 Å². The van der Waals surface area contributed by atoms with Crippen LogP contribution in [-0.4, -0.2) is 4.98 Å². The highest BCUT2D eigenvalue weighted by Gasteiger charge is 2.20. The maximum absolute atomic E-state index is 11.3. The van der Waals surface area contributed by atoms with Crippen LogP contribution in [0.15, 0.2) is 21.5 Å². The van der Waals surface area contributed by atoms with Gasteiger partial charge in [0.2, 0.25) is 0 Å². The van der Waals surface area contributed by atoms with Gasteiger partial charge in [-0.05, 0) is 40.8 Å². The minimum Gasteiger partial charge on any atom is -0.328 e. The van der Waals surface area contributed by atoms with Gasteiger partial charge >= 0.3 is 0 Å². The lowest BCUT2D eigenvalue weighted by Gasteiger charge is -1.99. The zero-order chi connectivity index (χ0) is 9.26. The van der Waals surface area contributed by atoms with E-state index in [-0.39, 0.29) is 5.56 Å². The lowest BCUT2D eigenvalue weighted by molar-refractivity contribution is 0.721. The number of aromatic amines is 1. The molecule has 1 heterocycles. The van der Waals surface area contributed by atoms with E-state index >= 15 is 0 Å². The van der Waals surface area contributed by atoms with Crippen molar-refractivity contribution in [2.45, 2.75) is 25.7 Å². The molecule has 0 spiro atoms. The van der Waals surface area contributed by atoms with Crippen molar-refractivity contribution in [3.8, 4) is 0 Å². The first-order chi connectivity index (χ1) is 6.25. The van der Waals surface area contributed by atoms with Crippen molar-refractivity contribution in [1.82, 2.24) is 4.98 Å². The number of nitrogens with one attached hydrogen (secondary N) is 1. The number of hydrogen-bond donors (Lipinski definition) is 1. The number of halogens is 1. The predicted octanol–water partition coefficient (Wildman–Crippen LogP) is 2.48. The molecule has 0 bridgehead atoms. The Hall–Kier alpha value is -0.570. The smallest absolute Gasteiger partial charge is 0.251 e. The maximum Gasteiger partial charge on any atom is 0.251 e.